The number of fused-ring (bicyclic) bond motifs is 1. The summed E-state index contributed by atoms with van der Waals surface area (Å²) in [6.07, 6.45) is 1.79. The van der Waals surface area contributed by atoms with Crippen molar-refractivity contribution in [2.75, 3.05) is 6.54 Å². The Morgan fingerprint density at radius 3 is 2.91 bits per heavy atom. The lowest BCUT2D eigenvalue weighted by molar-refractivity contribution is 0.0677. The smallest absolute Gasteiger partial charge is 0.315 e. The van der Waals surface area contributed by atoms with Crippen molar-refractivity contribution in [1.29, 1.82) is 0 Å². The molecule has 1 aliphatic heterocycles. The molecule has 0 aliphatic carbocycles. The van der Waals surface area contributed by atoms with Gasteiger partial charge in [-0.3, -0.25) is 0 Å². The number of benzene rings is 1. The molecule has 1 aliphatic rings. The van der Waals surface area contributed by atoms with Crippen molar-refractivity contribution in [3.8, 4) is 5.75 Å². The van der Waals surface area contributed by atoms with Crippen molar-refractivity contribution >= 4 is 6.03 Å². The highest BCUT2D eigenvalue weighted by molar-refractivity contribution is 5.74. The van der Waals surface area contributed by atoms with Gasteiger partial charge in [-0.25, -0.2) is 4.79 Å². The average Bonchev–Trinajstić information content (AvgIpc) is 2.44. The van der Waals surface area contributed by atoms with Crippen LogP contribution in [0.2, 0.25) is 0 Å². The Balaban J connectivity index is 1.98. The molecule has 0 bridgehead atoms. The minimum Gasteiger partial charge on any atom is -0.487 e. The summed E-state index contributed by atoms with van der Waals surface area (Å²) in [6.45, 7) is 6.30. The Morgan fingerprint density at radius 2 is 2.18 bits per heavy atom. The van der Waals surface area contributed by atoms with Crippen LogP contribution in [-0.4, -0.2) is 29.4 Å². The zero-order valence-electron chi connectivity index (χ0n) is 13.6. The highest BCUT2D eigenvalue weighted by Crippen LogP contribution is 2.39. The second kappa shape index (κ2) is 7.01. The second-order valence-electron chi connectivity index (χ2n) is 6.45. The van der Waals surface area contributed by atoms with E-state index in [0.29, 0.717) is 12.8 Å². The molecule has 22 heavy (non-hydrogen) atoms. The van der Waals surface area contributed by atoms with Crippen molar-refractivity contribution in [3.05, 3.63) is 29.8 Å². The summed E-state index contributed by atoms with van der Waals surface area (Å²) in [5, 5.41) is 15.4. The Morgan fingerprint density at radius 1 is 1.45 bits per heavy atom. The Labute approximate surface area is 132 Å². The summed E-state index contributed by atoms with van der Waals surface area (Å²) < 4.78 is 5.95. The van der Waals surface area contributed by atoms with Crippen LogP contribution in [0.5, 0.6) is 5.75 Å². The van der Waals surface area contributed by atoms with Crippen LogP contribution < -0.4 is 15.4 Å². The van der Waals surface area contributed by atoms with E-state index in [2.05, 4.69) is 10.6 Å². The van der Waals surface area contributed by atoms with Crippen molar-refractivity contribution < 1.29 is 14.6 Å². The molecule has 0 saturated heterocycles. The summed E-state index contributed by atoms with van der Waals surface area (Å²) >= 11 is 0. The first-order chi connectivity index (χ1) is 10.4. The molecule has 1 heterocycles. The third-order valence-corrected chi connectivity index (χ3v) is 3.80. The van der Waals surface area contributed by atoms with E-state index in [9.17, 15) is 9.90 Å². The van der Waals surface area contributed by atoms with Crippen molar-refractivity contribution in [3.63, 3.8) is 0 Å². The lowest BCUT2D eigenvalue weighted by atomic mass is 9.90. The van der Waals surface area contributed by atoms with Gasteiger partial charge in [0.1, 0.15) is 11.4 Å². The molecule has 5 heteroatoms. The first-order valence-electron chi connectivity index (χ1n) is 7.91. The minimum atomic E-state index is -0.492. The molecule has 3 N–H and O–H groups in total. The van der Waals surface area contributed by atoms with Crippen LogP contribution >= 0.6 is 0 Å². The second-order valence-corrected chi connectivity index (χ2v) is 6.45. The lowest BCUT2D eigenvalue weighted by Crippen LogP contribution is -2.45. The molecule has 0 aromatic heterocycles. The Hall–Kier alpha value is -1.75. The maximum atomic E-state index is 12.1. The average molecular weight is 306 g/mol. The van der Waals surface area contributed by atoms with E-state index in [1.807, 2.05) is 45.0 Å². The fraction of sp³-hybridized carbons (Fsp3) is 0.588. The molecule has 0 saturated carbocycles. The predicted molar refractivity (Wildman–Crippen MR) is 86.0 cm³/mol. The fourth-order valence-corrected chi connectivity index (χ4v) is 2.79. The maximum absolute atomic E-state index is 12.1. The molecule has 1 aromatic carbocycles. The largest absolute Gasteiger partial charge is 0.487 e. The van der Waals surface area contributed by atoms with Gasteiger partial charge in [-0.15, -0.1) is 0 Å². The molecule has 0 spiro atoms. The highest BCUT2D eigenvalue weighted by atomic mass is 16.5. The number of urea groups is 1. The number of rotatable bonds is 5. The molecular formula is C17H26N2O3. The number of carbonyl (C=O) groups is 1. The van der Waals surface area contributed by atoms with E-state index in [1.54, 1.807) is 0 Å². The monoisotopic (exact) mass is 306 g/mol. The number of nitrogens with one attached hydrogen (secondary N) is 2. The van der Waals surface area contributed by atoms with Gasteiger partial charge in [0.2, 0.25) is 0 Å². The fourth-order valence-electron chi connectivity index (χ4n) is 2.79. The number of carbonyl (C=O) groups excluding carboxylic acids is 1. The highest BCUT2D eigenvalue weighted by Gasteiger charge is 2.34. The van der Waals surface area contributed by atoms with E-state index < -0.39 is 6.10 Å². The predicted octanol–water partition coefficient (Wildman–Crippen LogP) is 2.75. The lowest BCUT2D eigenvalue weighted by Gasteiger charge is -2.37. The van der Waals surface area contributed by atoms with Gasteiger partial charge in [0.25, 0.3) is 0 Å². The Kier molecular flexibility index (Phi) is 5.29. The molecule has 0 fully saturated rings. The minimum absolute atomic E-state index is 0.0942. The third kappa shape index (κ3) is 4.37. The van der Waals surface area contributed by atoms with Gasteiger partial charge in [0.05, 0.1) is 12.1 Å². The standard InChI is InChI=1S/C17H26N2O3/c1-4-7-12(20)11-18-16(21)19-14-10-17(2,3)22-15-9-6-5-8-13(14)15/h5-6,8-9,12,14,20H,4,7,10-11H2,1-3H3,(H2,18,19,21). The number of aliphatic hydroxyl groups excluding tert-OH is 1. The van der Waals surface area contributed by atoms with E-state index >= 15 is 0 Å². The summed E-state index contributed by atoms with van der Waals surface area (Å²) in [7, 11) is 0. The van der Waals surface area contributed by atoms with Crippen molar-refractivity contribution in [2.24, 2.45) is 0 Å². The SMILES string of the molecule is CCCC(O)CNC(=O)NC1CC(C)(C)Oc2ccccc21. The maximum Gasteiger partial charge on any atom is 0.315 e. The van der Waals surface area contributed by atoms with Crippen LogP contribution in [0.25, 0.3) is 0 Å². The van der Waals surface area contributed by atoms with E-state index in [4.69, 9.17) is 4.74 Å². The van der Waals surface area contributed by atoms with Gasteiger partial charge in [-0.1, -0.05) is 31.5 Å². The van der Waals surface area contributed by atoms with Gasteiger partial charge in [0.15, 0.2) is 0 Å². The van der Waals surface area contributed by atoms with Gasteiger partial charge in [-0.2, -0.15) is 0 Å². The van der Waals surface area contributed by atoms with E-state index in [0.717, 1.165) is 17.7 Å². The van der Waals surface area contributed by atoms with E-state index in [-0.39, 0.29) is 24.2 Å². The van der Waals surface area contributed by atoms with Crippen LogP contribution in [0, 0.1) is 0 Å². The number of aliphatic hydroxyl groups is 1. The number of ether oxygens (including phenoxy) is 1. The first kappa shape index (κ1) is 16.6. The Bertz CT molecular complexity index is 516. The number of amides is 2. The summed E-state index contributed by atoms with van der Waals surface area (Å²) in [5.41, 5.74) is 0.666. The molecular weight excluding hydrogens is 280 g/mol. The third-order valence-electron chi connectivity index (χ3n) is 3.80. The topological polar surface area (TPSA) is 70.6 Å². The zero-order chi connectivity index (χ0) is 16.2. The first-order valence-corrected chi connectivity index (χ1v) is 7.91. The zero-order valence-corrected chi connectivity index (χ0v) is 13.6. The molecule has 2 atom stereocenters. The van der Waals surface area contributed by atoms with Gasteiger partial charge in [-0.05, 0) is 26.3 Å². The molecule has 2 rings (SSSR count). The molecule has 122 valence electrons. The molecule has 1 aromatic rings. The molecule has 5 nitrogen and oxygen atoms in total. The number of para-hydroxylation sites is 1. The number of hydrogen-bond acceptors (Lipinski definition) is 3. The number of hydrogen-bond donors (Lipinski definition) is 3. The van der Waals surface area contributed by atoms with Crippen molar-refractivity contribution in [1.82, 2.24) is 10.6 Å². The van der Waals surface area contributed by atoms with Crippen LogP contribution in [0.15, 0.2) is 24.3 Å². The van der Waals surface area contributed by atoms with Crippen LogP contribution in [-0.2, 0) is 0 Å². The summed E-state index contributed by atoms with van der Waals surface area (Å²) in [4.78, 5) is 12.1. The van der Waals surface area contributed by atoms with Gasteiger partial charge < -0.3 is 20.5 Å². The van der Waals surface area contributed by atoms with Gasteiger partial charge >= 0.3 is 6.03 Å². The molecule has 0 radical (unpaired) electrons. The van der Waals surface area contributed by atoms with Crippen LogP contribution in [0.1, 0.15) is 51.6 Å². The van der Waals surface area contributed by atoms with Crippen molar-refractivity contribution in [2.45, 2.75) is 57.8 Å². The van der Waals surface area contributed by atoms with E-state index in [1.165, 1.54) is 0 Å². The summed E-state index contributed by atoms with van der Waals surface area (Å²) in [6, 6.07) is 7.42. The summed E-state index contributed by atoms with van der Waals surface area (Å²) in [5.74, 6) is 0.815. The normalized spacial score (nSPS) is 20.5. The van der Waals surface area contributed by atoms with Crippen LogP contribution in [0.4, 0.5) is 4.79 Å². The molecule has 2 amide bonds. The quantitative estimate of drug-likeness (QED) is 0.783. The van der Waals surface area contributed by atoms with Crippen LogP contribution in [0.3, 0.4) is 0 Å². The van der Waals surface area contributed by atoms with Gasteiger partial charge in [0, 0.05) is 18.5 Å². The molecule has 2 unspecified atom stereocenters.